The fourth-order valence-corrected chi connectivity index (χ4v) is 3.84. The largest absolute Gasteiger partial charge is 0.434 e. The van der Waals surface area contributed by atoms with E-state index in [1.807, 2.05) is 6.07 Å². The van der Waals surface area contributed by atoms with E-state index in [-0.39, 0.29) is 11.8 Å². The molecular weight excluding hydrogens is 353 g/mol. The van der Waals surface area contributed by atoms with Crippen molar-refractivity contribution in [2.45, 2.75) is 25.6 Å². The molecular formula is C16H15F3N4OS. The van der Waals surface area contributed by atoms with Crippen molar-refractivity contribution in [3.63, 3.8) is 0 Å². The zero-order valence-electron chi connectivity index (χ0n) is 13.4. The van der Waals surface area contributed by atoms with Crippen LogP contribution in [0, 0.1) is 17.2 Å². The van der Waals surface area contributed by atoms with Gasteiger partial charge in [0.15, 0.2) is 5.69 Å². The molecule has 0 N–H and O–H groups in total. The highest BCUT2D eigenvalue weighted by Gasteiger charge is 2.36. The van der Waals surface area contributed by atoms with Crippen LogP contribution in [0.1, 0.15) is 33.2 Å². The van der Waals surface area contributed by atoms with E-state index in [1.165, 1.54) is 20.8 Å². The number of halogens is 3. The molecule has 1 atom stereocenters. The maximum Gasteiger partial charge on any atom is 0.434 e. The minimum Gasteiger partial charge on any atom is -0.341 e. The Kier molecular flexibility index (Phi) is 4.56. The van der Waals surface area contributed by atoms with Crippen LogP contribution in [0.25, 0.3) is 0 Å². The Labute approximate surface area is 146 Å². The van der Waals surface area contributed by atoms with E-state index < -0.39 is 11.9 Å². The van der Waals surface area contributed by atoms with E-state index >= 15 is 0 Å². The first-order valence-electron chi connectivity index (χ1n) is 7.66. The number of carbonyl (C=O) groups is 1. The Balaban J connectivity index is 1.68. The molecule has 0 spiro atoms. The van der Waals surface area contributed by atoms with Gasteiger partial charge >= 0.3 is 6.18 Å². The van der Waals surface area contributed by atoms with Crippen molar-refractivity contribution in [3.8, 4) is 6.07 Å². The number of aryl methyl sites for hydroxylation is 1. The summed E-state index contributed by atoms with van der Waals surface area (Å²) >= 11 is 1.21. The molecule has 3 rings (SSSR count). The highest BCUT2D eigenvalue weighted by Crippen LogP contribution is 2.31. The van der Waals surface area contributed by atoms with Crippen molar-refractivity contribution < 1.29 is 18.0 Å². The molecule has 1 amide bonds. The Morgan fingerprint density at radius 1 is 1.56 bits per heavy atom. The molecule has 0 saturated heterocycles. The number of nitrogens with zero attached hydrogens (tertiary/aromatic N) is 4. The Hall–Kier alpha value is -2.34. The molecule has 132 valence electrons. The molecule has 0 saturated carbocycles. The standard InChI is InChI=1S/C16H15F3N4OS/c1-22(15(24)14-11(6-20)4-5-25-14)7-10-2-3-13-21-12(16(17,18)19)9-23(13)8-10/h4-5,9-10H,2-3,7-8H2,1H3/t10-/m1/s1. The van der Waals surface area contributed by atoms with Gasteiger partial charge in [0.25, 0.3) is 5.91 Å². The SMILES string of the molecule is CN(C[C@H]1CCc2nc(C(F)(F)F)cn2C1)C(=O)c1sccc1C#N. The topological polar surface area (TPSA) is 61.9 Å². The van der Waals surface area contributed by atoms with E-state index in [9.17, 15) is 18.0 Å². The fourth-order valence-electron chi connectivity index (χ4n) is 3.01. The second-order valence-corrected chi connectivity index (χ2v) is 6.97. The lowest BCUT2D eigenvalue weighted by atomic mass is 9.99. The molecule has 0 unspecified atom stereocenters. The summed E-state index contributed by atoms with van der Waals surface area (Å²) in [6.07, 6.45) is -2.29. The summed E-state index contributed by atoms with van der Waals surface area (Å²) in [5.74, 6) is 0.240. The van der Waals surface area contributed by atoms with E-state index in [0.717, 1.165) is 6.20 Å². The Morgan fingerprint density at radius 2 is 2.32 bits per heavy atom. The summed E-state index contributed by atoms with van der Waals surface area (Å²) in [5.41, 5.74) is -0.526. The third-order valence-corrected chi connectivity index (χ3v) is 5.14. The lowest BCUT2D eigenvalue weighted by Gasteiger charge is -2.28. The number of nitriles is 1. The summed E-state index contributed by atoms with van der Waals surface area (Å²) < 4.78 is 39.8. The molecule has 9 heteroatoms. The number of rotatable bonds is 3. The van der Waals surface area contributed by atoms with Gasteiger partial charge in [0.2, 0.25) is 0 Å². The minimum atomic E-state index is -4.44. The van der Waals surface area contributed by atoms with Gasteiger partial charge in [-0.1, -0.05) is 0 Å². The van der Waals surface area contributed by atoms with Crippen LogP contribution in [-0.2, 0) is 19.1 Å². The van der Waals surface area contributed by atoms with Crippen LogP contribution in [0.15, 0.2) is 17.6 Å². The van der Waals surface area contributed by atoms with Gasteiger partial charge in [-0.15, -0.1) is 11.3 Å². The van der Waals surface area contributed by atoms with Crippen LogP contribution in [0.3, 0.4) is 0 Å². The number of alkyl halides is 3. The zero-order valence-corrected chi connectivity index (χ0v) is 14.2. The van der Waals surface area contributed by atoms with E-state index in [4.69, 9.17) is 5.26 Å². The highest BCUT2D eigenvalue weighted by atomic mass is 32.1. The van der Waals surface area contributed by atoms with Crippen LogP contribution in [0.4, 0.5) is 13.2 Å². The lowest BCUT2D eigenvalue weighted by Crippen LogP contribution is -2.35. The van der Waals surface area contributed by atoms with Crippen molar-refractivity contribution in [1.29, 1.82) is 5.26 Å². The van der Waals surface area contributed by atoms with Crippen molar-refractivity contribution in [1.82, 2.24) is 14.5 Å². The molecule has 1 aliphatic heterocycles. The van der Waals surface area contributed by atoms with E-state index in [0.29, 0.717) is 42.2 Å². The van der Waals surface area contributed by atoms with Crippen LogP contribution in [0.2, 0.25) is 0 Å². The van der Waals surface area contributed by atoms with Crippen molar-refractivity contribution in [3.05, 3.63) is 39.6 Å². The number of aromatic nitrogens is 2. The number of hydrogen-bond acceptors (Lipinski definition) is 4. The maximum atomic E-state index is 12.8. The molecule has 2 aromatic rings. The predicted molar refractivity (Wildman–Crippen MR) is 85.0 cm³/mol. The first kappa shape index (κ1) is 17.5. The number of amides is 1. The van der Waals surface area contributed by atoms with Gasteiger partial charge in [-0.2, -0.15) is 18.4 Å². The highest BCUT2D eigenvalue weighted by molar-refractivity contribution is 7.12. The van der Waals surface area contributed by atoms with Crippen LogP contribution in [0.5, 0.6) is 0 Å². The molecule has 25 heavy (non-hydrogen) atoms. The molecule has 1 aliphatic rings. The van der Waals surface area contributed by atoms with Gasteiger partial charge < -0.3 is 9.47 Å². The zero-order chi connectivity index (χ0) is 18.2. The van der Waals surface area contributed by atoms with Crippen LogP contribution in [-0.4, -0.2) is 34.0 Å². The quantitative estimate of drug-likeness (QED) is 0.836. The number of hydrogen-bond donors (Lipinski definition) is 0. The summed E-state index contributed by atoms with van der Waals surface area (Å²) in [6.45, 7) is 0.812. The van der Waals surface area contributed by atoms with Gasteiger partial charge in [-0.3, -0.25) is 4.79 Å². The summed E-state index contributed by atoms with van der Waals surface area (Å²) in [6, 6.07) is 3.59. The monoisotopic (exact) mass is 368 g/mol. The first-order chi connectivity index (χ1) is 11.8. The predicted octanol–water partition coefficient (Wildman–Crippen LogP) is 3.17. The molecule has 0 aromatic carbocycles. The second kappa shape index (κ2) is 6.52. The first-order valence-corrected chi connectivity index (χ1v) is 8.54. The van der Waals surface area contributed by atoms with Crippen molar-refractivity contribution >= 4 is 17.2 Å². The number of imidazole rings is 1. The third kappa shape index (κ3) is 3.54. The molecule has 3 heterocycles. The summed E-state index contributed by atoms with van der Waals surface area (Å²) in [4.78, 5) is 18.0. The summed E-state index contributed by atoms with van der Waals surface area (Å²) in [7, 11) is 1.65. The molecule has 0 radical (unpaired) electrons. The van der Waals surface area contributed by atoms with Crippen molar-refractivity contribution in [2.24, 2.45) is 5.92 Å². The number of carbonyl (C=O) groups excluding carboxylic acids is 1. The maximum absolute atomic E-state index is 12.8. The second-order valence-electron chi connectivity index (χ2n) is 6.06. The number of thiophene rings is 1. The smallest absolute Gasteiger partial charge is 0.341 e. The van der Waals surface area contributed by atoms with E-state index in [1.54, 1.807) is 18.5 Å². The van der Waals surface area contributed by atoms with Crippen molar-refractivity contribution in [2.75, 3.05) is 13.6 Å². The molecule has 5 nitrogen and oxygen atoms in total. The molecule has 0 bridgehead atoms. The third-order valence-electron chi connectivity index (χ3n) is 4.24. The van der Waals surface area contributed by atoms with Gasteiger partial charge in [0.1, 0.15) is 16.8 Å². The molecule has 2 aromatic heterocycles. The van der Waals surface area contributed by atoms with Gasteiger partial charge in [-0.25, -0.2) is 4.98 Å². The van der Waals surface area contributed by atoms with Crippen LogP contribution < -0.4 is 0 Å². The fraction of sp³-hybridized carbons (Fsp3) is 0.438. The van der Waals surface area contributed by atoms with Crippen LogP contribution >= 0.6 is 11.3 Å². The average molecular weight is 368 g/mol. The lowest BCUT2D eigenvalue weighted by molar-refractivity contribution is -0.141. The van der Waals surface area contributed by atoms with E-state index in [2.05, 4.69) is 4.98 Å². The minimum absolute atomic E-state index is 0.0437. The van der Waals surface area contributed by atoms with Gasteiger partial charge in [-0.05, 0) is 23.8 Å². The molecule has 0 fully saturated rings. The Bertz CT molecular complexity index is 833. The number of fused-ring (bicyclic) bond motifs is 1. The van der Waals surface area contributed by atoms with Gasteiger partial charge in [0, 0.05) is 32.8 Å². The molecule has 0 aliphatic carbocycles. The van der Waals surface area contributed by atoms with Gasteiger partial charge in [0.05, 0.1) is 5.56 Å². The average Bonchev–Trinajstić information content (AvgIpc) is 3.19. The normalized spacial score (nSPS) is 17.0. The Morgan fingerprint density at radius 3 is 3.00 bits per heavy atom. The summed E-state index contributed by atoms with van der Waals surface area (Å²) in [5, 5.41) is 10.7.